The van der Waals surface area contributed by atoms with Crippen LogP contribution in [0, 0.1) is 0 Å². The van der Waals surface area contributed by atoms with Crippen LogP contribution >= 0.6 is 11.8 Å². The minimum absolute atomic E-state index is 0.145. The Balaban J connectivity index is 1.87. The summed E-state index contributed by atoms with van der Waals surface area (Å²) in [5.41, 5.74) is 2.45. The van der Waals surface area contributed by atoms with Crippen molar-refractivity contribution >= 4 is 29.0 Å². The zero-order valence-corrected chi connectivity index (χ0v) is 16.8. The molecule has 0 aliphatic carbocycles. The highest BCUT2D eigenvalue weighted by Crippen LogP contribution is 2.28. The first-order valence-corrected chi connectivity index (χ1v) is 10.4. The number of amides is 1. The number of para-hydroxylation sites is 2. The lowest BCUT2D eigenvalue weighted by Gasteiger charge is -2.21. The Hall–Kier alpha value is -2.92. The van der Waals surface area contributed by atoms with Gasteiger partial charge >= 0.3 is 0 Å². The molecule has 28 heavy (non-hydrogen) atoms. The summed E-state index contributed by atoms with van der Waals surface area (Å²) < 4.78 is 5.63. The van der Waals surface area contributed by atoms with Gasteiger partial charge in [-0.2, -0.15) is 0 Å². The Morgan fingerprint density at radius 2 is 1.75 bits per heavy atom. The average molecular weight is 393 g/mol. The van der Waals surface area contributed by atoms with E-state index >= 15 is 0 Å². The number of hydrogen-bond donors (Lipinski definition) is 2. The highest BCUT2D eigenvalue weighted by atomic mass is 32.2. The molecule has 5 heteroatoms. The highest BCUT2D eigenvalue weighted by Gasteiger charge is 2.21. The van der Waals surface area contributed by atoms with Crippen molar-refractivity contribution in [2.75, 3.05) is 23.5 Å². The fourth-order valence-corrected chi connectivity index (χ4v) is 3.34. The van der Waals surface area contributed by atoms with Crippen LogP contribution in [0.5, 0.6) is 5.75 Å². The number of anilines is 2. The fourth-order valence-electron chi connectivity index (χ4n) is 2.88. The van der Waals surface area contributed by atoms with Gasteiger partial charge in [0.15, 0.2) is 0 Å². The van der Waals surface area contributed by atoms with Gasteiger partial charge in [0.1, 0.15) is 11.8 Å². The second-order valence-corrected chi connectivity index (χ2v) is 7.02. The molecule has 0 aliphatic rings. The van der Waals surface area contributed by atoms with Gasteiger partial charge in [-0.05, 0) is 49.1 Å². The molecule has 0 radical (unpaired) electrons. The first-order valence-electron chi connectivity index (χ1n) is 9.19. The minimum atomic E-state index is -0.534. The van der Waals surface area contributed by atoms with Crippen LogP contribution in [0.4, 0.5) is 11.4 Å². The summed E-state index contributed by atoms with van der Waals surface area (Å²) in [6, 6.07) is 24.7. The molecular weight excluding hydrogens is 368 g/mol. The maximum Gasteiger partial charge on any atom is 0.251 e. The zero-order chi connectivity index (χ0) is 19.8. The van der Waals surface area contributed by atoms with E-state index in [2.05, 4.69) is 10.6 Å². The maximum absolute atomic E-state index is 13.2. The number of nitrogens with one attached hydrogen (secondary N) is 2. The lowest BCUT2D eigenvalue weighted by molar-refractivity contribution is -0.117. The van der Waals surface area contributed by atoms with E-state index in [4.69, 9.17) is 4.74 Å². The molecule has 0 spiro atoms. The van der Waals surface area contributed by atoms with Gasteiger partial charge in [0.05, 0.1) is 12.3 Å². The van der Waals surface area contributed by atoms with E-state index in [9.17, 15) is 4.79 Å². The first-order chi connectivity index (χ1) is 13.7. The molecule has 0 saturated heterocycles. The molecular formula is C23H24N2O2S. The number of hydrogen-bond acceptors (Lipinski definition) is 4. The van der Waals surface area contributed by atoms with Crippen LogP contribution in [0.25, 0.3) is 0 Å². The topological polar surface area (TPSA) is 50.4 Å². The average Bonchev–Trinajstić information content (AvgIpc) is 2.74. The zero-order valence-electron chi connectivity index (χ0n) is 16.0. The Labute approximate surface area is 170 Å². The van der Waals surface area contributed by atoms with Gasteiger partial charge in [0, 0.05) is 10.6 Å². The molecule has 0 bridgehead atoms. The van der Waals surface area contributed by atoms with Crippen LogP contribution < -0.4 is 15.4 Å². The summed E-state index contributed by atoms with van der Waals surface area (Å²) in [4.78, 5) is 14.3. The van der Waals surface area contributed by atoms with E-state index in [0.29, 0.717) is 18.0 Å². The van der Waals surface area contributed by atoms with Crippen molar-refractivity contribution in [1.82, 2.24) is 0 Å². The van der Waals surface area contributed by atoms with Crippen molar-refractivity contribution < 1.29 is 9.53 Å². The van der Waals surface area contributed by atoms with Crippen LogP contribution in [0.3, 0.4) is 0 Å². The van der Waals surface area contributed by atoms with Crippen LogP contribution in [0.1, 0.15) is 18.5 Å². The standard InChI is InChI=1S/C23H24N2O2S/c1-3-27-21-15-8-7-14-20(21)25-23(26)22(17-10-5-4-6-11-17)24-18-12-9-13-19(16-18)28-2/h4-16,22,24H,3H2,1-2H3,(H,25,26)/t22-/m0/s1. The molecule has 4 nitrogen and oxygen atoms in total. The van der Waals surface area contributed by atoms with Gasteiger partial charge in [-0.25, -0.2) is 0 Å². The predicted molar refractivity (Wildman–Crippen MR) is 117 cm³/mol. The minimum Gasteiger partial charge on any atom is -0.492 e. The molecule has 0 saturated carbocycles. The second kappa shape index (κ2) is 9.85. The third kappa shape index (κ3) is 5.08. The van der Waals surface area contributed by atoms with Crippen LogP contribution in [-0.4, -0.2) is 18.8 Å². The molecule has 0 unspecified atom stereocenters. The number of ether oxygens (including phenoxy) is 1. The van der Waals surface area contributed by atoms with E-state index in [1.165, 1.54) is 0 Å². The quantitative estimate of drug-likeness (QED) is 0.490. The van der Waals surface area contributed by atoms with Gasteiger partial charge in [-0.15, -0.1) is 11.8 Å². The van der Waals surface area contributed by atoms with E-state index in [1.54, 1.807) is 11.8 Å². The summed E-state index contributed by atoms with van der Waals surface area (Å²) in [5, 5.41) is 6.39. The molecule has 3 aromatic rings. The fraction of sp³-hybridized carbons (Fsp3) is 0.174. The third-order valence-electron chi connectivity index (χ3n) is 4.22. The molecule has 0 aliphatic heterocycles. The summed E-state index contributed by atoms with van der Waals surface area (Å²) in [5.74, 6) is 0.516. The smallest absolute Gasteiger partial charge is 0.251 e. The first kappa shape index (κ1) is 19.8. The molecule has 0 heterocycles. The Morgan fingerprint density at radius 3 is 2.50 bits per heavy atom. The monoisotopic (exact) mass is 392 g/mol. The lowest BCUT2D eigenvalue weighted by Crippen LogP contribution is -2.27. The molecule has 0 fully saturated rings. The summed E-state index contributed by atoms with van der Waals surface area (Å²) in [6.07, 6.45) is 2.03. The van der Waals surface area contributed by atoms with Crippen molar-refractivity contribution in [3.05, 3.63) is 84.4 Å². The molecule has 3 aromatic carbocycles. The lowest BCUT2D eigenvalue weighted by atomic mass is 10.1. The molecule has 2 N–H and O–H groups in total. The van der Waals surface area contributed by atoms with Gasteiger partial charge < -0.3 is 15.4 Å². The predicted octanol–water partition coefficient (Wildman–Crippen LogP) is 5.60. The van der Waals surface area contributed by atoms with Crippen LogP contribution in [-0.2, 0) is 4.79 Å². The van der Waals surface area contributed by atoms with Gasteiger partial charge in [-0.3, -0.25) is 4.79 Å². The van der Waals surface area contributed by atoms with Crippen molar-refractivity contribution in [3.8, 4) is 5.75 Å². The van der Waals surface area contributed by atoms with E-state index in [1.807, 2.05) is 92.0 Å². The van der Waals surface area contributed by atoms with Gasteiger partial charge in [-0.1, -0.05) is 48.5 Å². The number of benzene rings is 3. The molecule has 3 rings (SSSR count). The van der Waals surface area contributed by atoms with E-state index in [-0.39, 0.29) is 5.91 Å². The normalized spacial score (nSPS) is 11.5. The Morgan fingerprint density at radius 1 is 1.00 bits per heavy atom. The SMILES string of the molecule is CCOc1ccccc1NC(=O)[C@@H](Nc1cccc(SC)c1)c1ccccc1. The molecule has 1 atom stereocenters. The van der Waals surface area contributed by atoms with Crippen molar-refractivity contribution in [2.45, 2.75) is 17.9 Å². The summed E-state index contributed by atoms with van der Waals surface area (Å²) in [6.45, 7) is 2.46. The number of rotatable bonds is 8. The molecule has 0 aromatic heterocycles. The summed E-state index contributed by atoms with van der Waals surface area (Å²) in [7, 11) is 0. The van der Waals surface area contributed by atoms with E-state index < -0.39 is 6.04 Å². The number of carbonyl (C=O) groups excluding carboxylic acids is 1. The summed E-state index contributed by atoms with van der Waals surface area (Å²) >= 11 is 1.67. The third-order valence-corrected chi connectivity index (χ3v) is 4.95. The van der Waals surface area contributed by atoms with Crippen molar-refractivity contribution in [2.24, 2.45) is 0 Å². The van der Waals surface area contributed by atoms with E-state index in [0.717, 1.165) is 16.1 Å². The number of carbonyl (C=O) groups is 1. The Bertz CT molecular complexity index is 915. The van der Waals surface area contributed by atoms with Crippen LogP contribution in [0.15, 0.2) is 83.8 Å². The molecule has 1 amide bonds. The Kier molecular flexibility index (Phi) is 6.98. The van der Waals surface area contributed by atoms with Gasteiger partial charge in [0.2, 0.25) is 0 Å². The highest BCUT2D eigenvalue weighted by molar-refractivity contribution is 7.98. The van der Waals surface area contributed by atoms with Crippen molar-refractivity contribution in [1.29, 1.82) is 0 Å². The van der Waals surface area contributed by atoms with Crippen LogP contribution in [0.2, 0.25) is 0 Å². The van der Waals surface area contributed by atoms with Crippen molar-refractivity contribution in [3.63, 3.8) is 0 Å². The molecule has 144 valence electrons. The second-order valence-electron chi connectivity index (χ2n) is 6.14. The van der Waals surface area contributed by atoms with Gasteiger partial charge in [0.25, 0.3) is 5.91 Å². The number of thioether (sulfide) groups is 1. The maximum atomic E-state index is 13.2. The largest absolute Gasteiger partial charge is 0.492 e.